The van der Waals surface area contributed by atoms with Crippen LogP contribution in [0, 0.1) is 5.82 Å². The minimum atomic E-state index is -0.237. The van der Waals surface area contributed by atoms with E-state index in [9.17, 15) is 4.39 Å². The lowest BCUT2D eigenvalue weighted by Gasteiger charge is -2.48. The van der Waals surface area contributed by atoms with Crippen molar-refractivity contribution in [2.75, 3.05) is 46.5 Å². The van der Waals surface area contributed by atoms with E-state index >= 15 is 0 Å². The first-order chi connectivity index (χ1) is 14.7. The Kier molecular flexibility index (Phi) is 8.90. The maximum Gasteiger partial charge on any atom is 0.191 e. The summed E-state index contributed by atoms with van der Waals surface area (Å²) in [6.45, 7) is 8.19. The molecule has 0 bridgehead atoms. The van der Waals surface area contributed by atoms with E-state index in [1.54, 1.807) is 13.2 Å². The van der Waals surface area contributed by atoms with Crippen LogP contribution in [-0.2, 0) is 22.6 Å². The van der Waals surface area contributed by atoms with Crippen LogP contribution in [0.1, 0.15) is 50.2 Å². The molecular weight excluding hydrogens is 383 g/mol. The van der Waals surface area contributed by atoms with Crippen molar-refractivity contribution in [1.82, 2.24) is 15.5 Å². The van der Waals surface area contributed by atoms with Crippen LogP contribution < -0.4 is 10.6 Å². The predicted octanol–water partition coefficient (Wildman–Crippen LogP) is 3.06. The van der Waals surface area contributed by atoms with Gasteiger partial charge in [0.15, 0.2) is 5.96 Å². The summed E-state index contributed by atoms with van der Waals surface area (Å²) in [6, 6.07) is 5.12. The summed E-state index contributed by atoms with van der Waals surface area (Å²) in [5.74, 6) is 0.577. The number of hydrogen-bond donors (Lipinski definition) is 2. The molecule has 0 atom stereocenters. The Morgan fingerprint density at radius 1 is 1.20 bits per heavy atom. The third-order valence-electron chi connectivity index (χ3n) is 6.22. The molecule has 2 fully saturated rings. The summed E-state index contributed by atoms with van der Waals surface area (Å²) in [5.41, 5.74) is 1.72. The molecule has 1 saturated heterocycles. The van der Waals surface area contributed by atoms with Crippen LogP contribution in [0.3, 0.4) is 0 Å². The first-order valence-corrected chi connectivity index (χ1v) is 11.3. The predicted molar refractivity (Wildman–Crippen MR) is 118 cm³/mol. The third kappa shape index (κ3) is 6.15. The molecule has 1 saturated carbocycles. The quantitative estimate of drug-likeness (QED) is 0.500. The smallest absolute Gasteiger partial charge is 0.191 e. The van der Waals surface area contributed by atoms with Crippen molar-refractivity contribution in [1.29, 1.82) is 0 Å². The van der Waals surface area contributed by atoms with Crippen LogP contribution in [0.5, 0.6) is 0 Å². The molecule has 0 amide bonds. The van der Waals surface area contributed by atoms with Gasteiger partial charge in [0.2, 0.25) is 0 Å². The average Bonchev–Trinajstić information content (AvgIpc) is 2.79. The molecule has 1 aromatic carbocycles. The summed E-state index contributed by atoms with van der Waals surface area (Å²) in [6.07, 6.45) is 6.33. The summed E-state index contributed by atoms with van der Waals surface area (Å²) in [7, 11) is 1.58. The Labute approximate surface area is 180 Å². The van der Waals surface area contributed by atoms with Crippen LogP contribution in [0.2, 0.25) is 0 Å². The monoisotopic (exact) mass is 420 g/mol. The molecule has 7 heteroatoms. The van der Waals surface area contributed by atoms with Crippen molar-refractivity contribution in [2.45, 2.75) is 57.7 Å². The summed E-state index contributed by atoms with van der Waals surface area (Å²) >= 11 is 0. The summed E-state index contributed by atoms with van der Waals surface area (Å²) in [5, 5.41) is 6.97. The first-order valence-electron chi connectivity index (χ1n) is 11.3. The van der Waals surface area contributed by atoms with Gasteiger partial charge in [0.25, 0.3) is 0 Å². The number of nitrogens with zero attached hydrogens (tertiary/aromatic N) is 2. The molecule has 1 heterocycles. The van der Waals surface area contributed by atoms with E-state index in [1.165, 1.54) is 38.2 Å². The van der Waals surface area contributed by atoms with Gasteiger partial charge in [-0.3, -0.25) is 4.90 Å². The Morgan fingerprint density at radius 2 is 1.97 bits per heavy atom. The van der Waals surface area contributed by atoms with Gasteiger partial charge in [-0.15, -0.1) is 0 Å². The van der Waals surface area contributed by atoms with Crippen molar-refractivity contribution in [2.24, 2.45) is 4.99 Å². The molecular formula is C23H37FN4O2. The van der Waals surface area contributed by atoms with Gasteiger partial charge in [-0.05, 0) is 37.5 Å². The van der Waals surface area contributed by atoms with Crippen molar-refractivity contribution in [3.8, 4) is 0 Å². The second kappa shape index (κ2) is 11.6. The number of hydrogen-bond acceptors (Lipinski definition) is 4. The van der Waals surface area contributed by atoms with Crippen LogP contribution >= 0.6 is 0 Å². The van der Waals surface area contributed by atoms with Crippen LogP contribution in [0.25, 0.3) is 0 Å². The molecule has 168 valence electrons. The molecule has 6 nitrogen and oxygen atoms in total. The molecule has 0 unspecified atom stereocenters. The Morgan fingerprint density at radius 3 is 2.67 bits per heavy atom. The van der Waals surface area contributed by atoms with Crippen LogP contribution in [-0.4, -0.2) is 62.9 Å². The topological polar surface area (TPSA) is 58.1 Å². The normalized spacial score (nSPS) is 20.2. The minimum Gasteiger partial charge on any atom is -0.380 e. The van der Waals surface area contributed by atoms with Gasteiger partial charge in [0, 0.05) is 44.4 Å². The van der Waals surface area contributed by atoms with Gasteiger partial charge in [-0.25, -0.2) is 9.38 Å². The molecule has 1 aromatic rings. The fourth-order valence-electron chi connectivity index (χ4n) is 4.61. The van der Waals surface area contributed by atoms with Crippen LogP contribution in [0.4, 0.5) is 4.39 Å². The lowest BCUT2D eigenvalue weighted by Crippen LogP contribution is -2.60. The standard InChI is InChI=1S/C23H37FN4O2/c1-3-25-22(26-16-19-7-8-21(24)20(15-19)17-29-2)27-18-23(9-5-4-6-10-23)28-11-13-30-14-12-28/h7-8,15H,3-6,9-14,16-18H2,1-2H3,(H2,25,26,27). The molecule has 0 spiro atoms. The second-order valence-corrected chi connectivity index (χ2v) is 8.29. The number of halogens is 1. The van der Waals surface area contributed by atoms with E-state index in [1.807, 2.05) is 6.07 Å². The molecule has 0 aromatic heterocycles. The highest BCUT2D eigenvalue weighted by molar-refractivity contribution is 5.79. The van der Waals surface area contributed by atoms with E-state index in [2.05, 4.69) is 22.5 Å². The largest absolute Gasteiger partial charge is 0.380 e. The first kappa shape index (κ1) is 23.0. The maximum atomic E-state index is 13.9. The average molecular weight is 421 g/mol. The Balaban J connectivity index is 1.67. The minimum absolute atomic E-state index is 0.180. The Bertz CT molecular complexity index is 686. The number of aliphatic imine (C=N–C) groups is 1. The number of nitrogens with one attached hydrogen (secondary N) is 2. The maximum absolute atomic E-state index is 13.9. The van der Waals surface area contributed by atoms with Crippen molar-refractivity contribution >= 4 is 5.96 Å². The molecule has 3 rings (SSSR count). The highest BCUT2D eigenvalue weighted by Crippen LogP contribution is 2.33. The Hall–Kier alpha value is -1.70. The van der Waals surface area contributed by atoms with E-state index in [0.29, 0.717) is 12.1 Å². The van der Waals surface area contributed by atoms with Gasteiger partial charge in [-0.1, -0.05) is 25.3 Å². The highest BCUT2D eigenvalue weighted by Gasteiger charge is 2.38. The highest BCUT2D eigenvalue weighted by atomic mass is 19.1. The van der Waals surface area contributed by atoms with E-state index in [0.717, 1.165) is 50.9 Å². The molecule has 2 aliphatic rings. The molecule has 2 N–H and O–H groups in total. The third-order valence-corrected chi connectivity index (χ3v) is 6.22. The second-order valence-electron chi connectivity index (χ2n) is 8.29. The fraction of sp³-hybridized carbons (Fsp3) is 0.696. The van der Waals surface area contributed by atoms with E-state index in [4.69, 9.17) is 14.5 Å². The lowest BCUT2D eigenvalue weighted by molar-refractivity contribution is -0.0352. The molecule has 30 heavy (non-hydrogen) atoms. The fourth-order valence-corrected chi connectivity index (χ4v) is 4.61. The van der Waals surface area contributed by atoms with Crippen molar-refractivity contribution in [3.05, 3.63) is 35.1 Å². The molecule has 0 radical (unpaired) electrons. The van der Waals surface area contributed by atoms with E-state index < -0.39 is 0 Å². The lowest BCUT2D eigenvalue weighted by atomic mass is 9.80. The zero-order chi connectivity index (χ0) is 21.2. The number of morpholine rings is 1. The summed E-state index contributed by atoms with van der Waals surface area (Å²) in [4.78, 5) is 7.39. The number of rotatable bonds is 8. The van der Waals surface area contributed by atoms with E-state index in [-0.39, 0.29) is 18.0 Å². The van der Waals surface area contributed by atoms with Crippen molar-refractivity contribution < 1.29 is 13.9 Å². The number of benzene rings is 1. The van der Waals surface area contributed by atoms with Gasteiger partial charge in [0.1, 0.15) is 5.82 Å². The SMILES string of the molecule is CCNC(=NCc1ccc(F)c(COC)c1)NCC1(N2CCOCC2)CCCCC1. The van der Waals surface area contributed by atoms with Gasteiger partial charge < -0.3 is 20.1 Å². The van der Waals surface area contributed by atoms with Crippen LogP contribution in [0.15, 0.2) is 23.2 Å². The number of guanidine groups is 1. The zero-order valence-electron chi connectivity index (χ0n) is 18.5. The number of ether oxygens (including phenoxy) is 2. The van der Waals surface area contributed by atoms with Gasteiger partial charge in [0.05, 0.1) is 26.4 Å². The molecule has 1 aliphatic heterocycles. The molecule has 1 aliphatic carbocycles. The zero-order valence-corrected chi connectivity index (χ0v) is 18.5. The van der Waals surface area contributed by atoms with Crippen molar-refractivity contribution in [3.63, 3.8) is 0 Å². The van der Waals surface area contributed by atoms with Gasteiger partial charge >= 0.3 is 0 Å². The van der Waals surface area contributed by atoms with Gasteiger partial charge in [-0.2, -0.15) is 0 Å². The summed E-state index contributed by atoms with van der Waals surface area (Å²) < 4.78 is 24.5. The number of methoxy groups -OCH3 is 1.